The molecule has 0 aliphatic carbocycles. The maximum absolute atomic E-state index is 12.0. The second-order valence-electron chi connectivity index (χ2n) is 6.86. The summed E-state index contributed by atoms with van der Waals surface area (Å²) < 4.78 is 0. The van der Waals surface area contributed by atoms with Gasteiger partial charge in [-0.1, -0.05) is 55.8 Å². The molecule has 1 amide bonds. The standard InChI is InChI=1S/C21H25ClN2OS/c1-16(15-21(2,3)17-7-5-4-6-8-17)23-24-20(25)13-14-26-19-11-9-18(22)10-12-19/h4-12H,13-15H2,1-3H3,(H,24,25)/b23-16-. The molecule has 0 bridgehead atoms. The van der Waals surface area contributed by atoms with Crippen LogP contribution < -0.4 is 5.43 Å². The van der Waals surface area contributed by atoms with Gasteiger partial charge in [0.25, 0.3) is 0 Å². The minimum Gasteiger partial charge on any atom is -0.273 e. The Hall–Kier alpha value is -1.78. The van der Waals surface area contributed by atoms with Crippen LogP contribution in [-0.4, -0.2) is 17.4 Å². The maximum atomic E-state index is 12.0. The number of nitrogens with one attached hydrogen (secondary N) is 1. The first-order valence-corrected chi connectivity index (χ1v) is 9.99. The van der Waals surface area contributed by atoms with Crippen molar-refractivity contribution in [1.82, 2.24) is 5.43 Å². The summed E-state index contributed by atoms with van der Waals surface area (Å²) in [7, 11) is 0. The Balaban J connectivity index is 1.77. The van der Waals surface area contributed by atoms with Crippen molar-refractivity contribution in [2.45, 2.75) is 43.9 Å². The predicted molar refractivity (Wildman–Crippen MR) is 112 cm³/mol. The molecule has 0 unspecified atom stereocenters. The molecule has 2 aromatic carbocycles. The van der Waals surface area contributed by atoms with Crippen LogP contribution in [0.1, 0.15) is 39.2 Å². The summed E-state index contributed by atoms with van der Waals surface area (Å²) in [4.78, 5) is 13.1. The fourth-order valence-electron chi connectivity index (χ4n) is 2.68. The zero-order chi connectivity index (χ0) is 19.0. The fraction of sp³-hybridized carbons (Fsp3) is 0.333. The Bertz CT molecular complexity index is 742. The lowest BCUT2D eigenvalue weighted by Crippen LogP contribution is -2.24. The van der Waals surface area contributed by atoms with Gasteiger partial charge in [0.15, 0.2) is 0 Å². The summed E-state index contributed by atoms with van der Waals surface area (Å²) in [5.41, 5.74) is 4.82. The Labute approximate surface area is 165 Å². The zero-order valence-electron chi connectivity index (χ0n) is 15.5. The molecule has 0 spiro atoms. The van der Waals surface area contributed by atoms with Crippen molar-refractivity contribution in [2.24, 2.45) is 5.10 Å². The highest BCUT2D eigenvalue weighted by Crippen LogP contribution is 2.27. The van der Waals surface area contributed by atoms with E-state index in [1.807, 2.05) is 49.4 Å². The normalized spacial score (nSPS) is 12.1. The van der Waals surface area contributed by atoms with E-state index >= 15 is 0 Å². The van der Waals surface area contributed by atoms with E-state index in [0.717, 1.165) is 22.1 Å². The predicted octanol–water partition coefficient (Wildman–Crippen LogP) is 5.68. The molecule has 0 heterocycles. The van der Waals surface area contributed by atoms with Gasteiger partial charge in [-0.2, -0.15) is 5.10 Å². The Kier molecular flexibility index (Phi) is 7.73. The van der Waals surface area contributed by atoms with Gasteiger partial charge in [0, 0.05) is 27.8 Å². The number of hydrogen-bond donors (Lipinski definition) is 1. The molecule has 0 saturated carbocycles. The second kappa shape index (κ2) is 9.79. The highest BCUT2D eigenvalue weighted by atomic mass is 35.5. The molecule has 26 heavy (non-hydrogen) atoms. The molecule has 0 fully saturated rings. The molecular weight excluding hydrogens is 364 g/mol. The van der Waals surface area contributed by atoms with E-state index in [2.05, 4.69) is 36.5 Å². The number of hydrazone groups is 1. The number of halogens is 1. The lowest BCUT2D eigenvalue weighted by molar-refractivity contribution is -0.120. The van der Waals surface area contributed by atoms with Crippen molar-refractivity contribution in [3.8, 4) is 0 Å². The average molecular weight is 389 g/mol. The second-order valence-corrected chi connectivity index (χ2v) is 8.47. The van der Waals surface area contributed by atoms with Crippen molar-refractivity contribution in [1.29, 1.82) is 0 Å². The van der Waals surface area contributed by atoms with Gasteiger partial charge in [-0.25, -0.2) is 5.43 Å². The lowest BCUT2D eigenvalue weighted by Gasteiger charge is -2.25. The molecule has 0 aliphatic rings. The number of carbonyl (C=O) groups is 1. The van der Waals surface area contributed by atoms with Gasteiger partial charge in [-0.15, -0.1) is 11.8 Å². The maximum Gasteiger partial charge on any atom is 0.240 e. The van der Waals surface area contributed by atoms with Gasteiger partial charge in [0.1, 0.15) is 0 Å². The van der Waals surface area contributed by atoms with Crippen LogP contribution in [0.4, 0.5) is 0 Å². The summed E-state index contributed by atoms with van der Waals surface area (Å²) in [6, 6.07) is 18.0. The van der Waals surface area contributed by atoms with E-state index < -0.39 is 0 Å². The quantitative estimate of drug-likeness (QED) is 0.359. The first kappa shape index (κ1) is 20.5. The molecule has 0 aliphatic heterocycles. The molecular formula is C21H25ClN2OS. The van der Waals surface area contributed by atoms with Crippen LogP contribution in [0, 0.1) is 0 Å². The summed E-state index contributed by atoms with van der Waals surface area (Å²) in [6.07, 6.45) is 1.21. The average Bonchev–Trinajstić information content (AvgIpc) is 2.62. The molecule has 138 valence electrons. The van der Waals surface area contributed by atoms with E-state index in [1.54, 1.807) is 11.8 Å². The fourth-order valence-corrected chi connectivity index (χ4v) is 3.65. The minimum absolute atomic E-state index is 0.0238. The van der Waals surface area contributed by atoms with E-state index in [4.69, 9.17) is 11.6 Å². The van der Waals surface area contributed by atoms with Gasteiger partial charge in [-0.05, 0) is 48.6 Å². The van der Waals surface area contributed by atoms with Crippen molar-refractivity contribution in [3.63, 3.8) is 0 Å². The van der Waals surface area contributed by atoms with Crippen LogP contribution in [0.3, 0.4) is 0 Å². The van der Waals surface area contributed by atoms with Crippen molar-refractivity contribution >= 4 is 35.0 Å². The van der Waals surface area contributed by atoms with E-state index in [9.17, 15) is 4.79 Å². The summed E-state index contributed by atoms with van der Waals surface area (Å²) in [6.45, 7) is 6.32. The topological polar surface area (TPSA) is 41.5 Å². The molecule has 2 rings (SSSR count). The van der Waals surface area contributed by atoms with Crippen LogP contribution in [0.5, 0.6) is 0 Å². The molecule has 2 aromatic rings. The third kappa shape index (κ3) is 6.85. The molecule has 0 aromatic heterocycles. The molecule has 5 heteroatoms. The molecule has 0 atom stereocenters. The van der Waals surface area contributed by atoms with Gasteiger partial charge in [0.2, 0.25) is 5.91 Å². The third-order valence-electron chi connectivity index (χ3n) is 4.04. The monoisotopic (exact) mass is 388 g/mol. The van der Waals surface area contributed by atoms with E-state index in [-0.39, 0.29) is 11.3 Å². The molecule has 0 saturated heterocycles. The van der Waals surface area contributed by atoms with Crippen LogP contribution >= 0.6 is 23.4 Å². The summed E-state index contributed by atoms with van der Waals surface area (Å²) in [5, 5.41) is 4.98. The molecule has 1 N–H and O–H groups in total. The highest BCUT2D eigenvalue weighted by molar-refractivity contribution is 7.99. The van der Waals surface area contributed by atoms with Gasteiger partial charge in [-0.3, -0.25) is 4.79 Å². The number of hydrogen-bond acceptors (Lipinski definition) is 3. The van der Waals surface area contributed by atoms with Crippen LogP contribution in [0.2, 0.25) is 5.02 Å². The summed E-state index contributed by atoms with van der Waals surface area (Å²) in [5.74, 6) is 0.640. The van der Waals surface area contributed by atoms with Crippen LogP contribution in [0.15, 0.2) is 64.6 Å². The van der Waals surface area contributed by atoms with E-state index in [0.29, 0.717) is 12.2 Å². The number of nitrogens with zero attached hydrogens (tertiary/aromatic N) is 1. The van der Waals surface area contributed by atoms with Gasteiger partial charge in [0.05, 0.1) is 0 Å². The van der Waals surface area contributed by atoms with Crippen LogP contribution in [-0.2, 0) is 10.2 Å². The van der Waals surface area contributed by atoms with Crippen LogP contribution in [0.25, 0.3) is 0 Å². The molecule has 3 nitrogen and oxygen atoms in total. The third-order valence-corrected chi connectivity index (χ3v) is 5.30. The Morgan fingerprint density at radius 2 is 1.77 bits per heavy atom. The number of thioether (sulfide) groups is 1. The van der Waals surface area contributed by atoms with E-state index in [1.165, 1.54) is 5.56 Å². The zero-order valence-corrected chi connectivity index (χ0v) is 17.0. The number of benzene rings is 2. The number of amides is 1. The SMILES string of the molecule is C/C(CC(C)(C)c1ccccc1)=N/NC(=O)CCSc1ccc(Cl)cc1. The van der Waals surface area contributed by atoms with Crippen molar-refractivity contribution in [2.75, 3.05) is 5.75 Å². The number of carbonyl (C=O) groups excluding carboxylic acids is 1. The Morgan fingerprint density at radius 1 is 1.12 bits per heavy atom. The first-order chi connectivity index (χ1) is 12.4. The largest absolute Gasteiger partial charge is 0.273 e. The minimum atomic E-state index is -0.0664. The van der Waals surface area contributed by atoms with Crippen molar-refractivity contribution in [3.05, 3.63) is 65.2 Å². The molecule has 0 radical (unpaired) electrons. The smallest absolute Gasteiger partial charge is 0.240 e. The van der Waals surface area contributed by atoms with Gasteiger partial charge >= 0.3 is 0 Å². The highest BCUT2D eigenvalue weighted by Gasteiger charge is 2.21. The Morgan fingerprint density at radius 3 is 2.42 bits per heavy atom. The summed E-state index contributed by atoms with van der Waals surface area (Å²) >= 11 is 7.49. The van der Waals surface area contributed by atoms with Crippen molar-refractivity contribution < 1.29 is 4.79 Å². The number of rotatable bonds is 8. The van der Waals surface area contributed by atoms with Gasteiger partial charge < -0.3 is 0 Å². The lowest BCUT2D eigenvalue weighted by atomic mass is 9.80. The first-order valence-electron chi connectivity index (χ1n) is 8.63.